The van der Waals surface area contributed by atoms with Crippen LogP contribution in [0.15, 0.2) is 28.8 Å². The van der Waals surface area contributed by atoms with Gasteiger partial charge in [-0.25, -0.2) is 12.7 Å². The summed E-state index contributed by atoms with van der Waals surface area (Å²) in [6.45, 7) is 2.02. The van der Waals surface area contributed by atoms with Gasteiger partial charge in [-0.05, 0) is 38.1 Å². The number of aromatic nitrogens is 1. The first kappa shape index (κ1) is 17.2. The number of sulfonamides is 1. The summed E-state index contributed by atoms with van der Waals surface area (Å²) in [5.74, 6) is 0.287. The van der Waals surface area contributed by atoms with Crippen LogP contribution in [0.25, 0.3) is 11.0 Å². The Kier molecular flexibility index (Phi) is 5.44. The van der Waals surface area contributed by atoms with Crippen molar-refractivity contribution in [3.63, 3.8) is 0 Å². The van der Waals surface area contributed by atoms with Crippen LogP contribution in [-0.4, -0.2) is 44.6 Å². The lowest BCUT2D eigenvalue weighted by Gasteiger charge is -2.15. The molecule has 3 rings (SSSR count). The lowest BCUT2D eigenvalue weighted by atomic mass is 10.1. The van der Waals surface area contributed by atoms with Gasteiger partial charge in [0.25, 0.3) is 0 Å². The van der Waals surface area contributed by atoms with Gasteiger partial charge in [0.1, 0.15) is 11.4 Å². The molecule has 1 aromatic carbocycles. The van der Waals surface area contributed by atoms with Gasteiger partial charge in [-0.2, -0.15) is 0 Å². The molecule has 2 heterocycles. The van der Waals surface area contributed by atoms with Gasteiger partial charge in [-0.15, -0.1) is 12.4 Å². The Morgan fingerprint density at radius 1 is 1.41 bits per heavy atom. The largest absolute Gasteiger partial charge is 0.356 e. The maximum Gasteiger partial charge on any atom is 0.220 e. The van der Waals surface area contributed by atoms with Crippen LogP contribution < -0.4 is 5.32 Å². The van der Waals surface area contributed by atoms with Crippen molar-refractivity contribution in [3.8, 4) is 0 Å². The molecule has 0 saturated carbocycles. The van der Waals surface area contributed by atoms with E-state index in [9.17, 15) is 8.42 Å². The Morgan fingerprint density at radius 3 is 2.95 bits per heavy atom. The molecule has 0 bridgehead atoms. The van der Waals surface area contributed by atoms with E-state index in [1.165, 1.54) is 0 Å². The SMILES string of the molecule is CNCC1CCN(S(=O)(=O)Cc2noc3ccccc23)C1.Cl. The highest BCUT2D eigenvalue weighted by Gasteiger charge is 2.32. The number of nitrogens with zero attached hydrogens (tertiary/aromatic N) is 2. The number of benzene rings is 1. The minimum Gasteiger partial charge on any atom is -0.356 e. The van der Waals surface area contributed by atoms with Crippen LogP contribution in [0.2, 0.25) is 0 Å². The number of nitrogens with one attached hydrogen (secondary N) is 1. The summed E-state index contributed by atoms with van der Waals surface area (Å²) in [6.07, 6.45) is 0.902. The van der Waals surface area contributed by atoms with E-state index in [1.54, 1.807) is 10.4 Å². The molecule has 2 aromatic rings. The third-order valence-electron chi connectivity index (χ3n) is 3.91. The molecular formula is C14H20ClN3O3S. The summed E-state index contributed by atoms with van der Waals surface area (Å²) in [6, 6.07) is 7.32. The van der Waals surface area contributed by atoms with Gasteiger partial charge >= 0.3 is 0 Å². The van der Waals surface area contributed by atoms with Crippen LogP contribution in [0.1, 0.15) is 12.1 Å². The molecule has 1 N–H and O–H groups in total. The second-order valence-electron chi connectivity index (χ2n) is 5.45. The molecule has 1 aromatic heterocycles. The number of rotatable bonds is 5. The number of hydrogen-bond donors (Lipinski definition) is 1. The first-order valence-electron chi connectivity index (χ1n) is 7.06. The highest BCUT2D eigenvalue weighted by molar-refractivity contribution is 7.88. The van der Waals surface area contributed by atoms with Gasteiger partial charge in [0, 0.05) is 18.5 Å². The van der Waals surface area contributed by atoms with Crippen molar-refractivity contribution in [2.24, 2.45) is 5.92 Å². The van der Waals surface area contributed by atoms with Crippen LogP contribution in [0.5, 0.6) is 0 Å². The Bertz CT molecular complexity index is 732. The van der Waals surface area contributed by atoms with Crippen LogP contribution in [0.3, 0.4) is 0 Å². The van der Waals surface area contributed by atoms with Crippen molar-refractivity contribution in [2.45, 2.75) is 12.2 Å². The van der Waals surface area contributed by atoms with Crippen LogP contribution in [-0.2, 0) is 15.8 Å². The van der Waals surface area contributed by atoms with Crippen molar-refractivity contribution in [1.29, 1.82) is 0 Å². The number of para-hydroxylation sites is 1. The lowest BCUT2D eigenvalue weighted by Crippen LogP contribution is -2.31. The van der Waals surface area contributed by atoms with E-state index in [2.05, 4.69) is 10.5 Å². The van der Waals surface area contributed by atoms with Crippen LogP contribution in [0.4, 0.5) is 0 Å². The smallest absolute Gasteiger partial charge is 0.220 e. The summed E-state index contributed by atoms with van der Waals surface area (Å²) in [5, 5.41) is 7.79. The molecule has 1 saturated heterocycles. The van der Waals surface area contributed by atoms with Crippen molar-refractivity contribution in [1.82, 2.24) is 14.8 Å². The van der Waals surface area contributed by atoms with Crippen molar-refractivity contribution in [3.05, 3.63) is 30.0 Å². The number of halogens is 1. The molecule has 1 aliphatic heterocycles. The molecular weight excluding hydrogens is 326 g/mol. The minimum absolute atomic E-state index is 0. The second kappa shape index (κ2) is 6.95. The van der Waals surface area contributed by atoms with E-state index in [-0.39, 0.29) is 18.2 Å². The van der Waals surface area contributed by atoms with Gasteiger partial charge in [0.2, 0.25) is 10.0 Å². The van der Waals surface area contributed by atoms with Crippen molar-refractivity contribution < 1.29 is 12.9 Å². The topological polar surface area (TPSA) is 75.4 Å². The minimum atomic E-state index is -3.34. The van der Waals surface area contributed by atoms with Crippen LogP contribution in [0, 0.1) is 5.92 Å². The molecule has 1 fully saturated rings. The van der Waals surface area contributed by atoms with Crippen molar-refractivity contribution in [2.75, 3.05) is 26.7 Å². The Labute approximate surface area is 136 Å². The quantitative estimate of drug-likeness (QED) is 0.891. The maximum atomic E-state index is 12.5. The molecule has 122 valence electrons. The monoisotopic (exact) mass is 345 g/mol. The van der Waals surface area contributed by atoms with Gasteiger partial charge < -0.3 is 9.84 Å². The van der Waals surface area contributed by atoms with E-state index in [4.69, 9.17) is 4.52 Å². The summed E-state index contributed by atoms with van der Waals surface area (Å²) in [4.78, 5) is 0. The predicted octanol–water partition coefficient (Wildman–Crippen LogP) is 1.62. The summed E-state index contributed by atoms with van der Waals surface area (Å²) in [7, 11) is -1.46. The molecule has 22 heavy (non-hydrogen) atoms. The summed E-state index contributed by atoms with van der Waals surface area (Å²) in [5.41, 5.74) is 1.11. The number of fused-ring (bicyclic) bond motifs is 1. The van der Waals surface area contributed by atoms with Gasteiger partial charge in [-0.1, -0.05) is 17.3 Å². The van der Waals surface area contributed by atoms with Gasteiger partial charge in [0.15, 0.2) is 5.58 Å². The molecule has 0 spiro atoms. The van der Waals surface area contributed by atoms with E-state index in [0.29, 0.717) is 30.3 Å². The fourth-order valence-electron chi connectivity index (χ4n) is 2.81. The predicted molar refractivity (Wildman–Crippen MR) is 87.5 cm³/mol. The van der Waals surface area contributed by atoms with E-state index in [0.717, 1.165) is 18.4 Å². The zero-order valence-corrected chi connectivity index (χ0v) is 14.0. The molecule has 1 aliphatic rings. The number of hydrogen-bond acceptors (Lipinski definition) is 5. The van der Waals surface area contributed by atoms with E-state index >= 15 is 0 Å². The van der Waals surface area contributed by atoms with E-state index in [1.807, 2.05) is 25.2 Å². The third-order valence-corrected chi connectivity index (χ3v) is 5.66. The fraction of sp³-hybridized carbons (Fsp3) is 0.500. The van der Waals surface area contributed by atoms with Crippen LogP contribution >= 0.6 is 12.4 Å². The zero-order chi connectivity index (χ0) is 14.9. The van der Waals surface area contributed by atoms with Gasteiger partial charge in [0.05, 0.1) is 0 Å². The van der Waals surface area contributed by atoms with Gasteiger partial charge in [-0.3, -0.25) is 0 Å². The highest BCUT2D eigenvalue weighted by Crippen LogP contribution is 2.24. The first-order chi connectivity index (χ1) is 10.1. The summed E-state index contributed by atoms with van der Waals surface area (Å²) >= 11 is 0. The average molecular weight is 346 g/mol. The van der Waals surface area contributed by atoms with E-state index < -0.39 is 10.0 Å². The molecule has 6 nitrogen and oxygen atoms in total. The molecule has 8 heteroatoms. The van der Waals surface area contributed by atoms with Crippen molar-refractivity contribution >= 4 is 33.4 Å². The summed E-state index contributed by atoms with van der Waals surface area (Å²) < 4.78 is 31.8. The fourth-order valence-corrected chi connectivity index (χ4v) is 4.37. The zero-order valence-electron chi connectivity index (χ0n) is 12.4. The highest BCUT2D eigenvalue weighted by atomic mass is 35.5. The Hall–Kier alpha value is -1.15. The molecule has 0 amide bonds. The molecule has 1 atom stereocenters. The Morgan fingerprint density at radius 2 is 2.18 bits per heavy atom. The average Bonchev–Trinajstić information content (AvgIpc) is 3.07. The first-order valence-corrected chi connectivity index (χ1v) is 8.67. The maximum absolute atomic E-state index is 12.5. The normalized spacial score (nSPS) is 19.4. The molecule has 1 unspecified atom stereocenters. The molecule has 0 radical (unpaired) electrons. The second-order valence-corrected chi connectivity index (χ2v) is 7.42. The third kappa shape index (κ3) is 3.43. The standard InChI is InChI=1S/C14H19N3O3S.ClH/c1-15-8-11-6-7-17(9-11)21(18,19)10-13-12-4-2-3-5-14(12)20-16-13;/h2-5,11,15H,6-10H2,1H3;1H. The Balaban J connectivity index is 0.00000176. The molecule has 0 aliphatic carbocycles. The lowest BCUT2D eigenvalue weighted by molar-refractivity contribution is 0.438.